The molecule has 1 aromatic heterocycles. The molecule has 0 amide bonds. The summed E-state index contributed by atoms with van der Waals surface area (Å²) in [6.45, 7) is 1.76. The minimum Gasteiger partial charge on any atom is -0.462 e. The third-order valence-corrected chi connectivity index (χ3v) is 3.53. The van der Waals surface area contributed by atoms with Crippen LogP contribution in [-0.4, -0.2) is 23.3 Å². The van der Waals surface area contributed by atoms with E-state index in [2.05, 4.69) is 0 Å². The zero-order valence-corrected chi connectivity index (χ0v) is 11.3. The summed E-state index contributed by atoms with van der Waals surface area (Å²) in [5.74, 6) is -1.27. The Kier molecular flexibility index (Phi) is 3.23. The second-order valence-electron chi connectivity index (χ2n) is 4.98. The maximum absolute atomic E-state index is 13.4. The van der Waals surface area contributed by atoms with E-state index in [0.29, 0.717) is 0 Å². The van der Waals surface area contributed by atoms with Gasteiger partial charge in [-0.2, -0.15) is 0 Å². The Labute approximate surface area is 118 Å². The number of alkyl halides is 1. The summed E-state index contributed by atoms with van der Waals surface area (Å²) >= 11 is 0. The molecule has 0 saturated heterocycles. The number of rotatable bonds is 3. The molecule has 3 rings (SSSR count). The molecule has 0 aliphatic heterocycles. The van der Waals surface area contributed by atoms with Gasteiger partial charge in [-0.05, 0) is 25.1 Å². The van der Waals surface area contributed by atoms with Crippen LogP contribution < -0.4 is 5.43 Å². The maximum Gasteiger partial charge on any atom is 0.343 e. The zero-order chi connectivity index (χ0) is 15.1. The van der Waals surface area contributed by atoms with Gasteiger partial charge in [0.15, 0.2) is 0 Å². The highest BCUT2D eigenvalue weighted by molar-refractivity contribution is 5.93. The van der Waals surface area contributed by atoms with Gasteiger partial charge < -0.3 is 9.30 Å². The summed E-state index contributed by atoms with van der Waals surface area (Å²) in [7, 11) is 0. The normalized spacial score (nSPS) is 20.5. The molecule has 2 atom stereocenters. The standard InChI is InChI=1S/C15H13F2NO3/c1-2-21-15(20)10-7-18(13-6-11(13)17)12-5-8(16)3-4-9(12)14(10)19/h3-5,7,11,13H,2,6H2,1H3. The van der Waals surface area contributed by atoms with Crippen molar-refractivity contribution in [1.29, 1.82) is 0 Å². The Morgan fingerprint density at radius 3 is 2.81 bits per heavy atom. The first-order chi connectivity index (χ1) is 10.0. The van der Waals surface area contributed by atoms with Crippen molar-refractivity contribution < 1.29 is 18.3 Å². The molecule has 0 bridgehead atoms. The summed E-state index contributed by atoms with van der Waals surface area (Å²) in [5.41, 5.74) is -0.399. The third-order valence-electron chi connectivity index (χ3n) is 3.53. The largest absolute Gasteiger partial charge is 0.462 e. The molecule has 1 aromatic carbocycles. The van der Waals surface area contributed by atoms with E-state index in [-0.39, 0.29) is 29.5 Å². The van der Waals surface area contributed by atoms with Gasteiger partial charge in [0.05, 0.1) is 18.2 Å². The van der Waals surface area contributed by atoms with Gasteiger partial charge >= 0.3 is 5.97 Å². The summed E-state index contributed by atoms with van der Waals surface area (Å²) in [4.78, 5) is 24.2. The van der Waals surface area contributed by atoms with Crippen molar-refractivity contribution in [3.8, 4) is 0 Å². The third kappa shape index (κ3) is 2.30. The fraction of sp³-hybridized carbons (Fsp3) is 0.333. The van der Waals surface area contributed by atoms with Gasteiger partial charge in [0, 0.05) is 18.0 Å². The molecule has 0 N–H and O–H groups in total. The highest BCUT2D eigenvalue weighted by atomic mass is 19.1. The van der Waals surface area contributed by atoms with E-state index in [1.165, 1.54) is 22.9 Å². The van der Waals surface area contributed by atoms with Crippen molar-refractivity contribution in [2.24, 2.45) is 0 Å². The predicted octanol–water partition coefficient (Wildman–Crippen LogP) is 2.60. The molecule has 2 unspecified atom stereocenters. The molecule has 1 saturated carbocycles. The summed E-state index contributed by atoms with van der Waals surface area (Å²) in [6, 6.07) is 3.16. The lowest BCUT2D eigenvalue weighted by molar-refractivity contribution is 0.0524. The number of hydrogen-bond acceptors (Lipinski definition) is 3. The fourth-order valence-corrected chi connectivity index (χ4v) is 2.39. The van der Waals surface area contributed by atoms with Gasteiger partial charge in [0.1, 0.15) is 17.6 Å². The molecule has 0 radical (unpaired) electrons. The lowest BCUT2D eigenvalue weighted by atomic mass is 10.1. The van der Waals surface area contributed by atoms with E-state index < -0.39 is 29.4 Å². The quantitative estimate of drug-likeness (QED) is 0.817. The molecule has 1 aliphatic carbocycles. The highest BCUT2D eigenvalue weighted by Crippen LogP contribution is 2.40. The van der Waals surface area contributed by atoms with Gasteiger partial charge in [0.2, 0.25) is 5.43 Å². The van der Waals surface area contributed by atoms with E-state index >= 15 is 0 Å². The van der Waals surface area contributed by atoms with Crippen LogP contribution in [0.2, 0.25) is 0 Å². The summed E-state index contributed by atoms with van der Waals surface area (Å²) < 4.78 is 33.1. The number of esters is 1. The van der Waals surface area contributed by atoms with Crippen LogP contribution in [-0.2, 0) is 4.74 Å². The van der Waals surface area contributed by atoms with Crippen LogP contribution in [0.15, 0.2) is 29.2 Å². The van der Waals surface area contributed by atoms with Crippen molar-refractivity contribution >= 4 is 16.9 Å². The first-order valence-corrected chi connectivity index (χ1v) is 6.68. The number of pyridine rings is 1. The van der Waals surface area contributed by atoms with Crippen molar-refractivity contribution in [3.63, 3.8) is 0 Å². The number of carbonyl (C=O) groups excluding carboxylic acids is 1. The minimum atomic E-state index is -1.05. The van der Waals surface area contributed by atoms with Crippen LogP contribution in [0.3, 0.4) is 0 Å². The minimum absolute atomic E-state index is 0.134. The van der Waals surface area contributed by atoms with Crippen molar-refractivity contribution in [2.75, 3.05) is 6.61 Å². The van der Waals surface area contributed by atoms with Gasteiger partial charge in [-0.25, -0.2) is 13.6 Å². The molecular weight excluding hydrogens is 280 g/mol. The molecule has 1 heterocycles. The second-order valence-corrected chi connectivity index (χ2v) is 4.98. The van der Waals surface area contributed by atoms with E-state index in [0.717, 1.165) is 6.07 Å². The fourth-order valence-electron chi connectivity index (χ4n) is 2.39. The van der Waals surface area contributed by atoms with Crippen LogP contribution in [0, 0.1) is 5.82 Å². The second kappa shape index (κ2) is 4.95. The molecule has 2 aromatic rings. The lowest BCUT2D eigenvalue weighted by Gasteiger charge is -2.12. The monoisotopic (exact) mass is 293 g/mol. The average molecular weight is 293 g/mol. The van der Waals surface area contributed by atoms with E-state index in [1.807, 2.05) is 0 Å². The van der Waals surface area contributed by atoms with Crippen LogP contribution in [0.5, 0.6) is 0 Å². The molecular formula is C15H13F2NO3. The van der Waals surface area contributed by atoms with Crippen LogP contribution >= 0.6 is 0 Å². The number of aromatic nitrogens is 1. The van der Waals surface area contributed by atoms with Gasteiger partial charge in [-0.1, -0.05) is 0 Å². The number of halogens is 2. The first-order valence-electron chi connectivity index (χ1n) is 6.68. The van der Waals surface area contributed by atoms with Gasteiger partial charge in [-0.3, -0.25) is 4.79 Å². The smallest absolute Gasteiger partial charge is 0.343 e. The van der Waals surface area contributed by atoms with Crippen molar-refractivity contribution in [3.05, 3.63) is 46.0 Å². The lowest BCUT2D eigenvalue weighted by Crippen LogP contribution is -2.21. The SMILES string of the molecule is CCOC(=O)c1cn(C2CC2F)c2cc(F)ccc2c1=O. The Balaban J connectivity index is 2.27. The Morgan fingerprint density at radius 1 is 1.48 bits per heavy atom. The van der Waals surface area contributed by atoms with E-state index in [1.54, 1.807) is 6.92 Å². The number of fused-ring (bicyclic) bond motifs is 1. The molecule has 0 spiro atoms. The van der Waals surface area contributed by atoms with Crippen LogP contribution in [0.25, 0.3) is 10.9 Å². The van der Waals surface area contributed by atoms with Crippen molar-refractivity contribution in [2.45, 2.75) is 25.6 Å². The Bertz CT molecular complexity index is 784. The zero-order valence-electron chi connectivity index (χ0n) is 11.3. The molecule has 1 aliphatic rings. The number of hydrogen-bond donors (Lipinski definition) is 0. The average Bonchev–Trinajstić information content (AvgIpc) is 3.16. The summed E-state index contributed by atoms with van der Waals surface area (Å²) in [5, 5.41) is 0.182. The van der Waals surface area contributed by atoms with Crippen LogP contribution in [0.1, 0.15) is 29.7 Å². The predicted molar refractivity (Wildman–Crippen MR) is 72.7 cm³/mol. The summed E-state index contributed by atoms with van der Waals surface area (Å²) in [6.07, 6.45) is 0.511. The molecule has 110 valence electrons. The molecule has 6 heteroatoms. The van der Waals surface area contributed by atoms with E-state index in [4.69, 9.17) is 4.74 Å². The van der Waals surface area contributed by atoms with Gasteiger partial charge in [-0.15, -0.1) is 0 Å². The molecule has 21 heavy (non-hydrogen) atoms. The first kappa shape index (κ1) is 13.7. The van der Waals surface area contributed by atoms with Crippen molar-refractivity contribution in [1.82, 2.24) is 4.57 Å². The Morgan fingerprint density at radius 2 is 2.19 bits per heavy atom. The number of carbonyl (C=O) groups is 1. The molecule has 4 nitrogen and oxygen atoms in total. The van der Waals surface area contributed by atoms with Gasteiger partial charge in [0.25, 0.3) is 0 Å². The number of nitrogens with zero attached hydrogens (tertiary/aromatic N) is 1. The Hall–Kier alpha value is -2.24. The topological polar surface area (TPSA) is 48.3 Å². The van der Waals surface area contributed by atoms with Crippen LogP contribution in [0.4, 0.5) is 8.78 Å². The highest BCUT2D eigenvalue weighted by Gasteiger charge is 2.40. The number of ether oxygens (including phenoxy) is 1. The number of benzene rings is 1. The maximum atomic E-state index is 13.4. The molecule has 1 fully saturated rings. The van der Waals surface area contributed by atoms with E-state index in [9.17, 15) is 18.4 Å².